The molecule has 2 saturated heterocycles. The molecule has 2 aromatic heterocycles. The highest BCUT2D eigenvalue weighted by Crippen LogP contribution is 2.34. The first-order chi connectivity index (χ1) is 14.0. The Morgan fingerprint density at radius 2 is 2.21 bits per heavy atom. The number of carbonyl (C=O) groups is 1. The fraction of sp³-hybridized carbons (Fsp3) is 0.400. The molecule has 2 fully saturated rings. The summed E-state index contributed by atoms with van der Waals surface area (Å²) in [5.41, 5.74) is 2.95. The van der Waals surface area contributed by atoms with Crippen LogP contribution in [0.1, 0.15) is 17.7 Å². The molecule has 0 radical (unpaired) electrons. The summed E-state index contributed by atoms with van der Waals surface area (Å²) in [6, 6.07) is 5.17. The van der Waals surface area contributed by atoms with Gasteiger partial charge in [0, 0.05) is 35.9 Å². The van der Waals surface area contributed by atoms with Gasteiger partial charge in [0.15, 0.2) is 0 Å². The summed E-state index contributed by atoms with van der Waals surface area (Å²) in [6.07, 6.45) is 5.45. The largest absolute Gasteiger partial charge is 0.377 e. The second kappa shape index (κ2) is 7.76. The van der Waals surface area contributed by atoms with Gasteiger partial charge in [-0.05, 0) is 38.6 Å². The van der Waals surface area contributed by atoms with E-state index in [1.807, 2.05) is 19.1 Å². The Hall–Kier alpha value is -3.04. The number of carbonyl (C=O) groups excluding carboxylic acids is 1. The van der Waals surface area contributed by atoms with Gasteiger partial charge in [0.25, 0.3) is 0 Å². The first-order valence-electron chi connectivity index (χ1n) is 9.57. The molecule has 4 N–H and O–H groups in total. The molecule has 0 aromatic carbocycles. The summed E-state index contributed by atoms with van der Waals surface area (Å²) in [4.78, 5) is 23.3. The van der Waals surface area contributed by atoms with Gasteiger partial charge >= 0.3 is 6.03 Å². The Labute approximate surface area is 169 Å². The van der Waals surface area contributed by atoms with E-state index < -0.39 is 0 Å². The molecule has 2 amide bonds. The minimum Gasteiger partial charge on any atom is -0.377 e. The van der Waals surface area contributed by atoms with E-state index in [0.29, 0.717) is 30.3 Å². The van der Waals surface area contributed by atoms with Gasteiger partial charge in [-0.1, -0.05) is 0 Å². The molecule has 4 rings (SSSR count). The van der Waals surface area contributed by atoms with Gasteiger partial charge in [-0.2, -0.15) is 0 Å². The van der Waals surface area contributed by atoms with E-state index in [9.17, 15) is 4.79 Å². The molecule has 152 valence electrons. The Kier molecular flexibility index (Phi) is 5.16. The van der Waals surface area contributed by atoms with Crippen molar-refractivity contribution >= 4 is 29.4 Å². The number of nitrogens with one attached hydrogen (secondary N) is 4. The molecule has 9 nitrogen and oxygen atoms in total. The molecule has 0 aliphatic carbocycles. The number of likely N-dealkylation sites (tertiary alicyclic amines) is 1. The number of hydrogen-bond acceptors (Lipinski definition) is 7. The lowest BCUT2D eigenvalue weighted by atomic mass is 9.89. The molecule has 1 unspecified atom stereocenters. The monoisotopic (exact) mass is 395 g/mol. The van der Waals surface area contributed by atoms with Crippen molar-refractivity contribution in [2.24, 2.45) is 0 Å². The van der Waals surface area contributed by atoms with E-state index >= 15 is 0 Å². The van der Waals surface area contributed by atoms with Crippen LogP contribution in [-0.4, -0.2) is 65.5 Å². The van der Waals surface area contributed by atoms with Gasteiger partial charge in [0.1, 0.15) is 5.82 Å². The first-order valence-corrected chi connectivity index (χ1v) is 9.57. The second-order valence-electron chi connectivity index (χ2n) is 7.57. The van der Waals surface area contributed by atoms with Crippen molar-refractivity contribution in [1.82, 2.24) is 20.2 Å². The number of rotatable bonds is 5. The maximum Gasteiger partial charge on any atom is 0.320 e. The van der Waals surface area contributed by atoms with Crippen LogP contribution >= 0.6 is 0 Å². The van der Waals surface area contributed by atoms with Crippen LogP contribution in [0.5, 0.6) is 0 Å². The quantitative estimate of drug-likeness (QED) is 0.577. The highest BCUT2D eigenvalue weighted by molar-refractivity contribution is 5.92. The Balaban J connectivity index is 1.42. The number of likely N-dealkylation sites (N-methyl/N-ethyl adjacent to an activating group) is 1. The standard InChI is InChI=1S/C20H25N7O2/c1-13-7-15(3-5-22-13)24-16-10-23-18(8-14(16)9-21)26-19(28)25-17-4-6-27(2)20(17)11-29-12-20/h3,5,7-10,17,21H,4,6,11-12H2,1-2H3,(H,22,24)(H2,23,25,26,28). The Bertz CT molecular complexity index is 929. The number of urea groups is 1. The lowest BCUT2D eigenvalue weighted by Gasteiger charge is -2.47. The van der Waals surface area contributed by atoms with E-state index in [1.54, 1.807) is 18.5 Å². The number of ether oxygens (including phenoxy) is 1. The van der Waals surface area contributed by atoms with Gasteiger partial charge < -0.3 is 20.8 Å². The molecule has 2 aliphatic rings. The topological polar surface area (TPSA) is 115 Å². The fourth-order valence-corrected chi connectivity index (χ4v) is 3.87. The van der Waals surface area contributed by atoms with E-state index in [-0.39, 0.29) is 17.6 Å². The highest BCUT2D eigenvalue weighted by Gasteiger charge is 2.53. The van der Waals surface area contributed by atoms with E-state index in [2.05, 4.69) is 37.9 Å². The molecule has 9 heteroatoms. The average Bonchev–Trinajstić information content (AvgIpc) is 2.99. The number of hydrogen-bond donors (Lipinski definition) is 4. The van der Waals surface area contributed by atoms with Gasteiger partial charge in [0.05, 0.1) is 36.7 Å². The van der Waals surface area contributed by atoms with Gasteiger partial charge in [-0.15, -0.1) is 0 Å². The van der Waals surface area contributed by atoms with Crippen LogP contribution in [0.4, 0.5) is 22.0 Å². The molecule has 2 aromatic rings. The number of anilines is 3. The SMILES string of the molecule is Cc1cc(Nc2cnc(NC(=O)NC3CCN(C)C34COC4)cc2C=N)ccn1. The predicted octanol–water partition coefficient (Wildman–Crippen LogP) is 2.12. The molecular weight excluding hydrogens is 370 g/mol. The number of pyridine rings is 2. The summed E-state index contributed by atoms with van der Waals surface area (Å²) >= 11 is 0. The zero-order valence-corrected chi connectivity index (χ0v) is 16.5. The first kappa shape index (κ1) is 19.3. The normalized spacial score (nSPS) is 20.1. The third-order valence-electron chi connectivity index (χ3n) is 5.68. The summed E-state index contributed by atoms with van der Waals surface area (Å²) in [5, 5.41) is 16.8. The minimum atomic E-state index is -0.300. The van der Waals surface area contributed by atoms with Gasteiger partial charge in [-0.25, -0.2) is 9.78 Å². The summed E-state index contributed by atoms with van der Waals surface area (Å²) in [7, 11) is 2.07. The lowest BCUT2D eigenvalue weighted by Crippen LogP contribution is -2.67. The van der Waals surface area contributed by atoms with Crippen LogP contribution in [0.2, 0.25) is 0 Å². The zero-order valence-electron chi connectivity index (χ0n) is 16.5. The van der Waals surface area contributed by atoms with Crippen LogP contribution in [0.25, 0.3) is 0 Å². The van der Waals surface area contributed by atoms with Gasteiger partial charge in [-0.3, -0.25) is 15.2 Å². The molecular formula is C20H25N7O2. The number of aromatic nitrogens is 2. The third-order valence-corrected chi connectivity index (χ3v) is 5.68. The van der Waals surface area contributed by atoms with E-state index in [0.717, 1.165) is 24.3 Å². The Morgan fingerprint density at radius 1 is 1.38 bits per heavy atom. The van der Waals surface area contributed by atoms with E-state index in [1.165, 1.54) is 6.21 Å². The van der Waals surface area contributed by atoms with Crippen LogP contribution in [-0.2, 0) is 4.74 Å². The molecule has 0 bridgehead atoms. The minimum absolute atomic E-state index is 0.0410. The van der Waals surface area contributed by atoms with Crippen molar-refractivity contribution in [3.05, 3.63) is 41.9 Å². The van der Waals surface area contributed by atoms with E-state index in [4.69, 9.17) is 10.1 Å². The van der Waals surface area contributed by atoms with Crippen molar-refractivity contribution < 1.29 is 9.53 Å². The number of aryl methyl sites for hydroxylation is 1. The van der Waals surface area contributed by atoms with Crippen LogP contribution in [0.3, 0.4) is 0 Å². The number of amides is 2. The molecule has 4 heterocycles. The molecule has 2 aliphatic heterocycles. The highest BCUT2D eigenvalue weighted by atomic mass is 16.5. The molecule has 0 saturated carbocycles. The smallest absolute Gasteiger partial charge is 0.320 e. The summed E-state index contributed by atoms with van der Waals surface area (Å²) in [6.45, 7) is 4.12. The molecule has 1 spiro atoms. The number of nitrogens with zero attached hydrogens (tertiary/aromatic N) is 3. The summed E-state index contributed by atoms with van der Waals surface area (Å²) in [5.74, 6) is 0.391. The van der Waals surface area contributed by atoms with Crippen LogP contribution in [0.15, 0.2) is 30.6 Å². The van der Waals surface area contributed by atoms with Crippen molar-refractivity contribution in [3.8, 4) is 0 Å². The average molecular weight is 395 g/mol. The maximum atomic E-state index is 12.5. The lowest BCUT2D eigenvalue weighted by molar-refractivity contribution is -0.124. The maximum absolute atomic E-state index is 12.5. The molecule has 1 atom stereocenters. The third kappa shape index (κ3) is 3.79. The predicted molar refractivity (Wildman–Crippen MR) is 111 cm³/mol. The molecule has 29 heavy (non-hydrogen) atoms. The van der Waals surface area contributed by atoms with Crippen LogP contribution < -0.4 is 16.0 Å². The fourth-order valence-electron chi connectivity index (χ4n) is 3.87. The zero-order chi connectivity index (χ0) is 20.4. The van der Waals surface area contributed by atoms with Crippen molar-refractivity contribution in [1.29, 1.82) is 5.41 Å². The Morgan fingerprint density at radius 3 is 2.90 bits per heavy atom. The van der Waals surface area contributed by atoms with Crippen molar-refractivity contribution in [2.45, 2.75) is 24.9 Å². The summed E-state index contributed by atoms with van der Waals surface area (Å²) < 4.78 is 5.40. The van der Waals surface area contributed by atoms with Crippen molar-refractivity contribution in [2.75, 3.05) is 37.4 Å². The van der Waals surface area contributed by atoms with Crippen molar-refractivity contribution in [3.63, 3.8) is 0 Å². The van der Waals surface area contributed by atoms with Gasteiger partial charge in [0.2, 0.25) is 0 Å². The van der Waals surface area contributed by atoms with Crippen LogP contribution in [0, 0.1) is 12.3 Å². The second-order valence-corrected chi connectivity index (χ2v) is 7.57.